The second-order valence-corrected chi connectivity index (χ2v) is 5.29. The summed E-state index contributed by atoms with van der Waals surface area (Å²) < 4.78 is 5.87. The van der Waals surface area contributed by atoms with Crippen molar-refractivity contribution in [2.45, 2.75) is 13.0 Å². The lowest BCUT2D eigenvalue weighted by molar-refractivity contribution is 0.303. The number of para-hydroxylation sites is 1. The summed E-state index contributed by atoms with van der Waals surface area (Å²) in [6.07, 6.45) is 0.364. The average Bonchev–Trinajstić information content (AvgIpc) is 2.62. The van der Waals surface area contributed by atoms with Crippen LogP contribution in [0.25, 0.3) is 11.1 Å². The standard InChI is InChI=1S/C21H17NO/c22-15-14-20-8-4-5-9-21(20)23-16-17-10-12-19(13-11-17)18-6-2-1-3-7-18/h1-13H,14,16H2. The Morgan fingerprint density at radius 1 is 0.739 bits per heavy atom. The Labute approximate surface area is 136 Å². The summed E-state index contributed by atoms with van der Waals surface area (Å²) in [7, 11) is 0. The molecule has 3 aromatic carbocycles. The van der Waals surface area contributed by atoms with Gasteiger partial charge in [0.1, 0.15) is 12.4 Å². The normalized spacial score (nSPS) is 10.0. The van der Waals surface area contributed by atoms with E-state index in [1.807, 2.05) is 42.5 Å². The lowest BCUT2D eigenvalue weighted by atomic mass is 10.0. The van der Waals surface area contributed by atoms with Gasteiger partial charge in [0, 0.05) is 5.56 Å². The van der Waals surface area contributed by atoms with Crippen LogP contribution in [0.1, 0.15) is 11.1 Å². The Morgan fingerprint density at radius 3 is 2.13 bits per heavy atom. The van der Waals surface area contributed by atoms with Gasteiger partial charge in [0.2, 0.25) is 0 Å². The van der Waals surface area contributed by atoms with Crippen molar-refractivity contribution in [3.8, 4) is 22.9 Å². The molecule has 0 amide bonds. The molecule has 0 N–H and O–H groups in total. The number of rotatable bonds is 5. The molecule has 2 heteroatoms. The predicted octanol–water partition coefficient (Wildman–Crippen LogP) is 5.00. The molecule has 0 unspecified atom stereocenters. The van der Waals surface area contributed by atoms with Crippen LogP contribution >= 0.6 is 0 Å². The first kappa shape index (κ1) is 14.9. The van der Waals surface area contributed by atoms with Gasteiger partial charge < -0.3 is 4.74 Å². The topological polar surface area (TPSA) is 33.0 Å². The summed E-state index contributed by atoms with van der Waals surface area (Å²) in [5, 5.41) is 8.86. The van der Waals surface area contributed by atoms with Crippen LogP contribution in [0.5, 0.6) is 5.75 Å². The molecule has 0 radical (unpaired) electrons. The van der Waals surface area contributed by atoms with E-state index >= 15 is 0 Å². The molecular weight excluding hydrogens is 282 g/mol. The van der Waals surface area contributed by atoms with Gasteiger partial charge in [-0.05, 0) is 22.8 Å². The predicted molar refractivity (Wildman–Crippen MR) is 92.0 cm³/mol. The van der Waals surface area contributed by atoms with Gasteiger partial charge in [-0.15, -0.1) is 0 Å². The van der Waals surface area contributed by atoms with Crippen molar-refractivity contribution in [1.29, 1.82) is 5.26 Å². The van der Waals surface area contributed by atoms with Crippen LogP contribution in [0.15, 0.2) is 78.9 Å². The van der Waals surface area contributed by atoms with Crippen molar-refractivity contribution >= 4 is 0 Å². The second kappa shape index (κ2) is 7.29. The zero-order chi connectivity index (χ0) is 15.9. The summed E-state index contributed by atoms with van der Waals surface area (Å²) >= 11 is 0. The largest absolute Gasteiger partial charge is 0.489 e. The molecule has 112 valence electrons. The molecule has 0 spiro atoms. The van der Waals surface area contributed by atoms with E-state index in [9.17, 15) is 0 Å². The fraction of sp³-hybridized carbons (Fsp3) is 0.0952. The van der Waals surface area contributed by atoms with Gasteiger partial charge in [0.05, 0.1) is 12.5 Å². The van der Waals surface area contributed by atoms with Crippen molar-refractivity contribution < 1.29 is 4.74 Å². The van der Waals surface area contributed by atoms with Gasteiger partial charge >= 0.3 is 0 Å². The number of nitrogens with zero attached hydrogens (tertiary/aromatic N) is 1. The Bertz CT molecular complexity index is 801. The molecule has 0 atom stereocenters. The van der Waals surface area contributed by atoms with Crippen LogP contribution in [-0.4, -0.2) is 0 Å². The molecule has 23 heavy (non-hydrogen) atoms. The fourth-order valence-electron chi connectivity index (χ4n) is 2.46. The molecule has 0 saturated heterocycles. The number of hydrogen-bond donors (Lipinski definition) is 0. The highest BCUT2D eigenvalue weighted by Gasteiger charge is 2.03. The third-order valence-corrected chi connectivity index (χ3v) is 3.70. The number of hydrogen-bond acceptors (Lipinski definition) is 2. The highest BCUT2D eigenvalue weighted by atomic mass is 16.5. The summed E-state index contributed by atoms with van der Waals surface area (Å²) in [5.41, 5.74) is 4.44. The van der Waals surface area contributed by atoms with E-state index < -0.39 is 0 Å². The summed E-state index contributed by atoms with van der Waals surface area (Å²) in [5.74, 6) is 0.779. The number of benzene rings is 3. The molecule has 0 aliphatic heterocycles. The number of ether oxygens (including phenoxy) is 1. The van der Waals surface area contributed by atoms with E-state index in [1.54, 1.807) is 0 Å². The molecule has 0 bridgehead atoms. The minimum atomic E-state index is 0.364. The van der Waals surface area contributed by atoms with Gasteiger partial charge in [0.25, 0.3) is 0 Å². The van der Waals surface area contributed by atoms with Crippen molar-refractivity contribution in [3.63, 3.8) is 0 Å². The summed E-state index contributed by atoms with van der Waals surface area (Å²) in [4.78, 5) is 0. The van der Waals surface area contributed by atoms with E-state index in [0.29, 0.717) is 13.0 Å². The molecule has 0 saturated carbocycles. The van der Waals surface area contributed by atoms with E-state index in [1.165, 1.54) is 11.1 Å². The molecule has 3 aromatic rings. The van der Waals surface area contributed by atoms with Crippen molar-refractivity contribution in [1.82, 2.24) is 0 Å². The molecule has 3 rings (SSSR count). The van der Waals surface area contributed by atoms with Crippen LogP contribution in [0.3, 0.4) is 0 Å². The maximum atomic E-state index is 8.86. The van der Waals surface area contributed by atoms with E-state index in [-0.39, 0.29) is 0 Å². The first-order valence-corrected chi connectivity index (χ1v) is 7.59. The molecule has 0 heterocycles. The Hall–Kier alpha value is -3.05. The highest BCUT2D eigenvalue weighted by molar-refractivity contribution is 5.63. The first-order valence-electron chi connectivity index (χ1n) is 7.59. The van der Waals surface area contributed by atoms with Crippen LogP contribution in [0.4, 0.5) is 0 Å². The average molecular weight is 299 g/mol. The van der Waals surface area contributed by atoms with Crippen LogP contribution in [0, 0.1) is 11.3 Å². The van der Waals surface area contributed by atoms with Gasteiger partial charge in [-0.1, -0.05) is 72.8 Å². The van der Waals surface area contributed by atoms with E-state index in [0.717, 1.165) is 16.9 Å². The first-order chi connectivity index (χ1) is 11.4. The maximum absolute atomic E-state index is 8.86. The zero-order valence-corrected chi connectivity index (χ0v) is 12.8. The second-order valence-electron chi connectivity index (χ2n) is 5.29. The SMILES string of the molecule is N#CCc1ccccc1OCc1ccc(-c2ccccc2)cc1. The van der Waals surface area contributed by atoms with Crippen molar-refractivity contribution in [2.75, 3.05) is 0 Å². The zero-order valence-electron chi connectivity index (χ0n) is 12.8. The van der Waals surface area contributed by atoms with Crippen LogP contribution in [-0.2, 0) is 13.0 Å². The Morgan fingerprint density at radius 2 is 1.39 bits per heavy atom. The molecule has 2 nitrogen and oxygen atoms in total. The lowest BCUT2D eigenvalue weighted by Crippen LogP contribution is -1.98. The fourth-order valence-corrected chi connectivity index (χ4v) is 2.46. The lowest BCUT2D eigenvalue weighted by Gasteiger charge is -2.10. The van der Waals surface area contributed by atoms with Gasteiger partial charge in [0.15, 0.2) is 0 Å². The van der Waals surface area contributed by atoms with Gasteiger partial charge in [-0.2, -0.15) is 5.26 Å². The molecule has 0 aliphatic carbocycles. The smallest absolute Gasteiger partial charge is 0.124 e. The van der Waals surface area contributed by atoms with Gasteiger partial charge in [-0.25, -0.2) is 0 Å². The Balaban J connectivity index is 1.69. The maximum Gasteiger partial charge on any atom is 0.124 e. The quantitative estimate of drug-likeness (QED) is 0.664. The van der Waals surface area contributed by atoms with E-state index in [4.69, 9.17) is 10.00 Å². The number of nitriles is 1. The minimum Gasteiger partial charge on any atom is -0.489 e. The minimum absolute atomic E-state index is 0.364. The highest BCUT2D eigenvalue weighted by Crippen LogP contribution is 2.22. The molecular formula is C21H17NO. The van der Waals surface area contributed by atoms with Crippen LogP contribution in [0.2, 0.25) is 0 Å². The third kappa shape index (κ3) is 3.78. The third-order valence-electron chi connectivity index (χ3n) is 3.70. The van der Waals surface area contributed by atoms with E-state index in [2.05, 4.69) is 42.5 Å². The van der Waals surface area contributed by atoms with Crippen LogP contribution < -0.4 is 4.74 Å². The van der Waals surface area contributed by atoms with Crippen molar-refractivity contribution in [3.05, 3.63) is 90.0 Å². The summed E-state index contributed by atoms with van der Waals surface area (Å²) in [6.45, 7) is 0.498. The Kier molecular flexibility index (Phi) is 4.71. The monoisotopic (exact) mass is 299 g/mol. The van der Waals surface area contributed by atoms with Crippen molar-refractivity contribution in [2.24, 2.45) is 0 Å². The van der Waals surface area contributed by atoms with Gasteiger partial charge in [-0.3, -0.25) is 0 Å². The molecule has 0 aliphatic rings. The molecule has 0 fully saturated rings. The molecule has 0 aromatic heterocycles. The summed E-state index contributed by atoms with van der Waals surface area (Å²) in [6, 6.07) is 28.5.